The Morgan fingerprint density at radius 1 is 0.882 bits per heavy atom. The van der Waals surface area contributed by atoms with Crippen LogP contribution in [-0.4, -0.2) is 12.9 Å². The molecule has 0 aliphatic carbocycles. The number of thioether (sulfide) groups is 1. The standard InChI is InChI=1S/C23H11F7O3S/c1-32-13-8-10(9-15-21(31)11-4-2-3-5-14(11)34-15)6-7-12(13)33-22-19(26)17(24)16(23(28,29)30)18(25)20(22)27/h2-9H,1H3/b15-9+. The van der Waals surface area contributed by atoms with Crippen molar-refractivity contribution in [3.8, 4) is 17.2 Å². The molecule has 0 fully saturated rings. The Morgan fingerprint density at radius 2 is 1.53 bits per heavy atom. The first kappa shape index (κ1) is 23.7. The van der Waals surface area contributed by atoms with Gasteiger partial charge in [0.15, 0.2) is 23.1 Å². The maximum Gasteiger partial charge on any atom is 0.422 e. The van der Waals surface area contributed by atoms with E-state index in [1.165, 1.54) is 30.0 Å². The fraction of sp³-hybridized carbons (Fsp3) is 0.0870. The summed E-state index contributed by atoms with van der Waals surface area (Å²) >= 11 is 1.23. The van der Waals surface area contributed by atoms with E-state index in [1.807, 2.05) is 0 Å². The number of hydrogen-bond acceptors (Lipinski definition) is 4. The van der Waals surface area contributed by atoms with Crippen molar-refractivity contribution < 1.29 is 45.0 Å². The van der Waals surface area contributed by atoms with E-state index in [0.717, 1.165) is 18.1 Å². The smallest absolute Gasteiger partial charge is 0.422 e. The highest BCUT2D eigenvalue weighted by atomic mass is 32.2. The number of rotatable bonds is 4. The SMILES string of the molecule is COc1cc(/C=C2/Sc3ccccc3C2=O)ccc1Oc1c(F)c(F)c(C(F)(F)F)c(F)c1F. The van der Waals surface area contributed by atoms with Crippen LogP contribution in [0, 0.1) is 23.3 Å². The van der Waals surface area contributed by atoms with Crippen LogP contribution in [-0.2, 0) is 6.18 Å². The van der Waals surface area contributed by atoms with E-state index < -0.39 is 46.5 Å². The predicted molar refractivity (Wildman–Crippen MR) is 109 cm³/mol. The second-order valence-corrected chi connectivity index (χ2v) is 7.99. The molecule has 3 nitrogen and oxygen atoms in total. The van der Waals surface area contributed by atoms with Crippen molar-refractivity contribution in [2.24, 2.45) is 0 Å². The minimum absolute atomic E-state index is 0.165. The number of benzene rings is 3. The summed E-state index contributed by atoms with van der Waals surface area (Å²) in [5.74, 6) is -12.5. The first-order valence-corrected chi connectivity index (χ1v) is 10.2. The fourth-order valence-electron chi connectivity index (χ4n) is 3.21. The third kappa shape index (κ3) is 4.11. The lowest BCUT2D eigenvalue weighted by molar-refractivity contribution is -0.143. The van der Waals surface area contributed by atoms with Crippen LogP contribution in [0.2, 0.25) is 0 Å². The van der Waals surface area contributed by atoms with Gasteiger partial charge >= 0.3 is 6.18 Å². The van der Waals surface area contributed by atoms with Crippen molar-refractivity contribution in [3.63, 3.8) is 0 Å². The highest BCUT2D eigenvalue weighted by molar-refractivity contribution is 8.04. The van der Waals surface area contributed by atoms with Crippen LogP contribution in [0.25, 0.3) is 6.08 Å². The van der Waals surface area contributed by atoms with Crippen LogP contribution in [0.3, 0.4) is 0 Å². The lowest BCUT2D eigenvalue weighted by Gasteiger charge is -2.16. The first-order valence-electron chi connectivity index (χ1n) is 9.35. The number of allylic oxidation sites excluding steroid dienone is 1. The maximum absolute atomic E-state index is 14.2. The van der Waals surface area contributed by atoms with E-state index in [1.54, 1.807) is 24.3 Å². The van der Waals surface area contributed by atoms with Crippen LogP contribution < -0.4 is 9.47 Å². The van der Waals surface area contributed by atoms with E-state index in [9.17, 15) is 35.5 Å². The third-order valence-electron chi connectivity index (χ3n) is 4.78. The summed E-state index contributed by atoms with van der Waals surface area (Å²) in [7, 11) is 1.16. The number of hydrogen-bond donors (Lipinski definition) is 0. The molecule has 0 radical (unpaired) electrons. The van der Waals surface area contributed by atoms with Gasteiger partial charge in [-0.3, -0.25) is 4.79 Å². The Morgan fingerprint density at radius 3 is 2.12 bits per heavy atom. The zero-order valence-corrected chi connectivity index (χ0v) is 17.7. The van der Waals surface area contributed by atoms with Gasteiger partial charge in [-0.2, -0.15) is 22.0 Å². The molecule has 1 aliphatic heterocycles. The van der Waals surface area contributed by atoms with Crippen molar-refractivity contribution in [2.75, 3.05) is 7.11 Å². The van der Waals surface area contributed by atoms with Gasteiger partial charge in [-0.25, -0.2) is 8.78 Å². The van der Waals surface area contributed by atoms with Crippen molar-refractivity contribution in [2.45, 2.75) is 11.1 Å². The number of halogens is 7. The number of Topliss-reactive ketones (excluding diaryl/α,β-unsaturated/α-hetero) is 1. The molecule has 0 atom stereocenters. The van der Waals surface area contributed by atoms with E-state index >= 15 is 0 Å². The van der Waals surface area contributed by atoms with Gasteiger partial charge in [-0.15, -0.1) is 0 Å². The molecule has 0 saturated heterocycles. The Balaban J connectivity index is 1.69. The fourth-order valence-corrected chi connectivity index (χ4v) is 4.26. The Bertz CT molecular complexity index is 1320. The van der Waals surface area contributed by atoms with Crippen molar-refractivity contribution >= 4 is 23.6 Å². The van der Waals surface area contributed by atoms with Gasteiger partial charge in [-0.05, 0) is 35.9 Å². The number of ether oxygens (including phenoxy) is 2. The summed E-state index contributed by atoms with van der Waals surface area (Å²) in [6, 6.07) is 10.7. The summed E-state index contributed by atoms with van der Waals surface area (Å²) in [4.78, 5) is 13.7. The van der Waals surface area contributed by atoms with Gasteiger partial charge in [-0.1, -0.05) is 30.0 Å². The molecule has 34 heavy (non-hydrogen) atoms. The number of carbonyl (C=O) groups is 1. The molecule has 11 heteroatoms. The lowest BCUT2D eigenvalue weighted by atomic mass is 10.1. The first-order chi connectivity index (χ1) is 16.0. The molecular weight excluding hydrogens is 489 g/mol. The Labute approximate surface area is 191 Å². The number of fused-ring (bicyclic) bond motifs is 1. The minimum atomic E-state index is -5.67. The molecule has 0 unspecified atom stereocenters. The summed E-state index contributed by atoms with van der Waals surface area (Å²) in [5, 5.41) is 0. The number of methoxy groups -OCH3 is 1. The van der Waals surface area contributed by atoms with Crippen LogP contribution >= 0.6 is 11.8 Å². The van der Waals surface area contributed by atoms with Gasteiger partial charge in [0.2, 0.25) is 23.2 Å². The van der Waals surface area contributed by atoms with E-state index in [-0.39, 0.29) is 11.5 Å². The highest BCUT2D eigenvalue weighted by Crippen LogP contribution is 2.43. The van der Waals surface area contributed by atoms with Gasteiger partial charge < -0.3 is 9.47 Å². The van der Waals surface area contributed by atoms with Crippen LogP contribution in [0.5, 0.6) is 17.2 Å². The summed E-state index contributed by atoms with van der Waals surface area (Å²) in [5.41, 5.74) is -1.76. The second kappa shape index (κ2) is 8.71. The molecule has 176 valence electrons. The molecule has 0 amide bonds. The number of carbonyl (C=O) groups excluding carboxylic acids is 1. The largest absolute Gasteiger partial charge is 0.493 e. The van der Waals surface area contributed by atoms with E-state index in [4.69, 9.17) is 9.47 Å². The molecule has 0 saturated carbocycles. The lowest BCUT2D eigenvalue weighted by Crippen LogP contribution is -2.15. The number of ketones is 1. The molecular formula is C23H11F7O3S. The Hall–Kier alpha value is -3.47. The predicted octanol–water partition coefficient (Wildman–Crippen LogP) is 7.39. The normalized spacial score (nSPS) is 14.5. The van der Waals surface area contributed by atoms with Crippen molar-refractivity contribution in [1.82, 2.24) is 0 Å². The molecule has 0 N–H and O–H groups in total. The molecule has 3 aromatic rings. The highest BCUT2D eigenvalue weighted by Gasteiger charge is 2.43. The van der Waals surface area contributed by atoms with Gasteiger partial charge in [0.05, 0.1) is 12.0 Å². The van der Waals surface area contributed by atoms with E-state index in [0.29, 0.717) is 16.0 Å². The van der Waals surface area contributed by atoms with Crippen molar-refractivity contribution in [1.29, 1.82) is 0 Å². The summed E-state index contributed by atoms with van der Waals surface area (Å²) in [6.45, 7) is 0. The topological polar surface area (TPSA) is 35.5 Å². The zero-order chi connectivity index (χ0) is 24.8. The molecule has 3 aromatic carbocycles. The van der Waals surface area contributed by atoms with Crippen molar-refractivity contribution in [3.05, 3.63) is 87.3 Å². The average molecular weight is 500 g/mol. The van der Waals surface area contributed by atoms with Gasteiger partial charge in [0.1, 0.15) is 5.56 Å². The maximum atomic E-state index is 14.2. The summed E-state index contributed by atoms with van der Waals surface area (Å²) < 4.78 is 104. The number of alkyl halides is 3. The zero-order valence-electron chi connectivity index (χ0n) is 16.9. The van der Waals surface area contributed by atoms with Crippen LogP contribution in [0.1, 0.15) is 21.5 Å². The van der Waals surface area contributed by atoms with Crippen LogP contribution in [0.4, 0.5) is 30.7 Å². The monoisotopic (exact) mass is 500 g/mol. The molecule has 1 heterocycles. The molecule has 1 aliphatic rings. The molecule has 0 aromatic heterocycles. The van der Waals surface area contributed by atoms with Crippen LogP contribution in [0.15, 0.2) is 52.3 Å². The molecule has 0 spiro atoms. The quantitative estimate of drug-likeness (QED) is 0.213. The van der Waals surface area contributed by atoms with Gasteiger partial charge in [0, 0.05) is 10.5 Å². The minimum Gasteiger partial charge on any atom is -0.493 e. The summed E-state index contributed by atoms with van der Waals surface area (Å²) in [6.07, 6.45) is -4.14. The second-order valence-electron chi connectivity index (χ2n) is 6.91. The Kier molecular flexibility index (Phi) is 6.07. The third-order valence-corrected chi connectivity index (χ3v) is 5.88. The molecule has 4 rings (SSSR count). The van der Waals surface area contributed by atoms with E-state index in [2.05, 4.69) is 0 Å². The molecule has 0 bridgehead atoms. The average Bonchev–Trinajstić information content (AvgIpc) is 3.10. The van der Waals surface area contributed by atoms with Gasteiger partial charge in [0.25, 0.3) is 0 Å².